The lowest BCUT2D eigenvalue weighted by molar-refractivity contribution is -0.113. The summed E-state index contributed by atoms with van der Waals surface area (Å²) in [6.07, 6.45) is 0. The number of aromatic nitrogens is 3. The van der Waals surface area contributed by atoms with E-state index in [1.807, 2.05) is 60.0 Å². The van der Waals surface area contributed by atoms with E-state index in [0.717, 1.165) is 16.8 Å². The Labute approximate surface area is 189 Å². The second kappa shape index (κ2) is 9.65. The van der Waals surface area contributed by atoms with E-state index in [9.17, 15) is 9.18 Å². The molecule has 0 aliphatic carbocycles. The van der Waals surface area contributed by atoms with Crippen molar-refractivity contribution in [2.75, 3.05) is 18.2 Å². The van der Waals surface area contributed by atoms with Gasteiger partial charge in [0.25, 0.3) is 0 Å². The second-order valence-electron chi connectivity index (χ2n) is 7.02. The van der Waals surface area contributed by atoms with Crippen LogP contribution in [-0.2, 0) is 4.79 Å². The number of hydrogen-bond donors (Lipinski definition) is 1. The molecule has 4 aromatic rings. The Morgan fingerprint density at radius 2 is 1.84 bits per heavy atom. The fourth-order valence-corrected chi connectivity index (χ4v) is 3.94. The molecule has 8 heteroatoms. The third-order valence-corrected chi connectivity index (χ3v) is 5.64. The number of ether oxygens (including phenoxy) is 1. The number of thioether (sulfide) groups is 1. The van der Waals surface area contributed by atoms with Crippen LogP contribution in [0.5, 0.6) is 5.75 Å². The molecule has 0 spiro atoms. The molecule has 0 saturated heterocycles. The number of halogens is 1. The number of nitrogens with zero attached hydrogens (tertiary/aromatic N) is 3. The Morgan fingerprint density at radius 1 is 1.06 bits per heavy atom. The van der Waals surface area contributed by atoms with E-state index in [4.69, 9.17) is 4.74 Å². The normalized spacial score (nSPS) is 10.7. The molecular formula is C24H21FN4O2S. The molecule has 0 saturated carbocycles. The summed E-state index contributed by atoms with van der Waals surface area (Å²) in [5.74, 6) is 0.703. The van der Waals surface area contributed by atoms with Crippen molar-refractivity contribution in [3.05, 3.63) is 84.2 Å². The van der Waals surface area contributed by atoms with Crippen LogP contribution in [-0.4, -0.2) is 33.5 Å². The highest BCUT2D eigenvalue weighted by Gasteiger charge is 2.19. The quantitative estimate of drug-likeness (QED) is 0.398. The van der Waals surface area contributed by atoms with E-state index >= 15 is 0 Å². The van der Waals surface area contributed by atoms with Gasteiger partial charge in [-0.15, -0.1) is 10.2 Å². The monoisotopic (exact) mass is 448 g/mol. The zero-order chi connectivity index (χ0) is 22.5. The Hall–Kier alpha value is -3.65. The molecule has 0 radical (unpaired) electrons. The topological polar surface area (TPSA) is 69.0 Å². The van der Waals surface area contributed by atoms with Gasteiger partial charge < -0.3 is 10.1 Å². The second-order valence-corrected chi connectivity index (χ2v) is 7.97. The molecule has 1 heterocycles. The average Bonchev–Trinajstić information content (AvgIpc) is 3.22. The number of methoxy groups -OCH3 is 1. The molecular weight excluding hydrogens is 427 g/mol. The van der Waals surface area contributed by atoms with Crippen molar-refractivity contribution < 1.29 is 13.9 Å². The summed E-state index contributed by atoms with van der Waals surface area (Å²) in [4.78, 5) is 12.4. The van der Waals surface area contributed by atoms with Crippen LogP contribution in [0.4, 0.5) is 10.1 Å². The van der Waals surface area contributed by atoms with Crippen molar-refractivity contribution in [3.63, 3.8) is 0 Å². The first-order valence-electron chi connectivity index (χ1n) is 9.89. The van der Waals surface area contributed by atoms with Crippen LogP contribution in [0, 0.1) is 12.7 Å². The zero-order valence-electron chi connectivity index (χ0n) is 17.6. The van der Waals surface area contributed by atoms with Crippen molar-refractivity contribution in [1.29, 1.82) is 0 Å². The third kappa shape index (κ3) is 4.81. The van der Waals surface area contributed by atoms with Gasteiger partial charge in [-0.1, -0.05) is 47.7 Å². The SMILES string of the molecule is COc1ccccc1-c1nnc(SCC(=O)Nc2cccc(F)c2)n1-c1ccc(C)cc1. The average molecular weight is 449 g/mol. The number of carbonyl (C=O) groups excluding carboxylic acids is 1. The number of benzene rings is 3. The highest BCUT2D eigenvalue weighted by molar-refractivity contribution is 7.99. The number of nitrogens with one attached hydrogen (secondary N) is 1. The van der Waals surface area contributed by atoms with E-state index in [1.54, 1.807) is 19.2 Å². The zero-order valence-corrected chi connectivity index (χ0v) is 18.4. The molecule has 0 unspecified atom stereocenters. The van der Waals surface area contributed by atoms with Crippen molar-refractivity contribution >= 4 is 23.4 Å². The van der Waals surface area contributed by atoms with E-state index < -0.39 is 5.82 Å². The van der Waals surface area contributed by atoms with Crippen molar-refractivity contribution in [2.24, 2.45) is 0 Å². The maximum Gasteiger partial charge on any atom is 0.234 e. The van der Waals surface area contributed by atoms with Gasteiger partial charge in [0, 0.05) is 11.4 Å². The molecule has 1 aromatic heterocycles. The van der Waals surface area contributed by atoms with Gasteiger partial charge in [-0.05, 0) is 49.4 Å². The molecule has 4 rings (SSSR count). The molecule has 0 atom stereocenters. The number of para-hydroxylation sites is 1. The summed E-state index contributed by atoms with van der Waals surface area (Å²) in [5.41, 5.74) is 3.20. The minimum absolute atomic E-state index is 0.0897. The number of hydrogen-bond acceptors (Lipinski definition) is 5. The Kier molecular flexibility index (Phi) is 6.51. The summed E-state index contributed by atoms with van der Waals surface area (Å²) >= 11 is 1.25. The molecule has 32 heavy (non-hydrogen) atoms. The van der Waals surface area contributed by atoms with Crippen LogP contribution in [0.1, 0.15) is 5.56 Å². The minimum Gasteiger partial charge on any atom is -0.496 e. The molecule has 6 nitrogen and oxygen atoms in total. The van der Waals surface area contributed by atoms with Crippen LogP contribution in [0.25, 0.3) is 17.1 Å². The van der Waals surface area contributed by atoms with Gasteiger partial charge in [0.1, 0.15) is 11.6 Å². The molecule has 0 aliphatic heterocycles. The summed E-state index contributed by atoms with van der Waals surface area (Å²) in [6, 6.07) is 21.3. The first-order chi connectivity index (χ1) is 15.5. The van der Waals surface area contributed by atoms with E-state index in [2.05, 4.69) is 15.5 Å². The van der Waals surface area contributed by atoms with Crippen LogP contribution in [0.15, 0.2) is 78.0 Å². The van der Waals surface area contributed by atoms with E-state index in [1.165, 1.54) is 23.9 Å². The Bertz CT molecular complexity index is 1240. The smallest absolute Gasteiger partial charge is 0.234 e. The van der Waals surface area contributed by atoms with Crippen LogP contribution in [0.2, 0.25) is 0 Å². The van der Waals surface area contributed by atoms with Gasteiger partial charge in [0.05, 0.1) is 18.4 Å². The van der Waals surface area contributed by atoms with Crippen molar-refractivity contribution in [1.82, 2.24) is 14.8 Å². The van der Waals surface area contributed by atoms with Gasteiger partial charge in [-0.3, -0.25) is 9.36 Å². The molecule has 0 fully saturated rings. The fourth-order valence-electron chi connectivity index (χ4n) is 3.19. The summed E-state index contributed by atoms with van der Waals surface area (Å²) in [5, 5.41) is 12.0. The lowest BCUT2D eigenvalue weighted by Crippen LogP contribution is -2.14. The number of amides is 1. The summed E-state index contributed by atoms with van der Waals surface area (Å²) in [6.45, 7) is 2.02. The van der Waals surface area contributed by atoms with Crippen LogP contribution >= 0.6 is 11.8 Å². The van der Waals surface area contributed by atoms with E-state index in [-0.39, 0.29) is 11.7 Å². The molecule has 0 aliphatic rings. The molecule has 0 bridgehead atoms. The molecule has 162 valence electrons. The van der Waals surface area contributed by atoms with Gasteiger partial charge in [-0.2, -0.15) is 0 Å². The highest BCUT2D eigenvalue weighted by Crippen LogP contribution is 2.33. The van der Waals surface area contributed by atoms with Gasteiger partial charge >= 0.3 is 0 Å². The van der Waals surface area contributed by atoms with Gasteiger partial charge in [0.15, 0.2) is 11.0 Å². The third-order valence-electron chi connectivity index (χ3n) is 4.71. The Morgan fingerprint density at radius 3 is 2.59 bits per heavy atom. The standard InChI is InChI=1S/C24H21FN4O2S/c1-16-10-12-19(13-11-16)29-23(20-8-3-4-9-21(20)31-2)27-28-24(29)32-15-22(30)26-18-7-5-6-17(25)14-18/h3-14H,15H2,1-2H3,(H,26,30). The highest BCUT2D eigenvalue weighted by atomic mass is 32.2. The molecule has 3 aromatic carbocycles. The van der Waals surface area contributed by atoms with Crippen molar-refractivity contribution in [3.8, 4) is 22.8 Å². The van der Waals surface area contributed by atoms with Gasteiger partial charge in [0.2, 0.25) is 5.91 Å². The maximum absolute atomic E-state index is 13.4. The molecule has 1 N–H and O–H groups in total. The first kappa shape index (κ1) is 21.6. The lowest BCUT2D eigenvalue weighted by atomic mass is 10.1. The van der Waals surface area contributed by atoms with Crippen LogP contribution in [0.3, 0.4) is 0 Å². The number of anilines is 1. The van der Waals surface area contributed by atoms with Crippen molar-refractivity contribution in [2.45, 2.75) is 12.1 Å². The maximum atomic E-state index is 13.4. The Balaban J connectivity index is 1.64. The summed E-state index contributed by atoms with van der Waals surface area (Å²) < 4.78 is 20.8. The molecule has 1 amide bonds. The number of rotatable bonds is 7. The first-order valence-corrected chi connectivity index (χ1v) is 10.9. The predicted molar refractivity (Wildman–Crippen MR) is 124 cm³/mol. The predicted octanol–water partition coefficient (Wildman–Crippen LogP) is 5.12. The van der Waals surface area contributed by atoms with Gasteiger partial charge in [-0.25, -0.2) is 4.39 Å². The number of aryl methyl sites for hydroxylation is 1. The minimum atomic E-state index is -0.406. The fraction of sp³-hybridized carbons (Fsp3) is 0.125. The van der Waals surface area contributed by atoms with Crippen LogP contribution < -0.4 is 10.1 Å². The lowest BCUT2D eigenvalue weighted by Gasteiger charge is -2.13. The largest absolute Gasteiger partial charge is 0.496 e. The van der Waals surface area contributed by atoms with E-state index in [0.29, 0.717) is 22.4 Å². The number of carbonyl (C=O) groups is 1. The summed E-state index contributed by atoms with van der Waals surface area (Å²) in [7, 11) is 1.61.